The van der Waals surface area contributed by atoms with Crippen LogP contribution in [0.15, 0.2) is 16.5 Å². The van der Waals surface area contributed by atoms with Crippen LogP contribution < -0.4 is 5.32 Å². The summed E-state index contributed by atoms with van der Waals surface area (Å²) in [5, 5.41) is 3.91. The maximum absolute atomic E-state index is 12.0. The Morgan fingerprint density at radius 1 is 1.47 bits per heavy atom. The van der Waals surface area contributed by atoms with Gasteiger partial charge < -0.3 is 9.73 Å². The van der Waals surface area contributed by atoms with Crippen LogP contribution in [0.3, 0.4) is 0 Å². The summed E-state index contributed by atoms with van der Waals surface area (Å²) in [6.07, 6.45) is 2.60. The van der Waals surface area contributed by atoms with Crippen molar-refractivity contribution < 1.29 is 9.21 Å². The van der Waals surface area contributed by atoms with E-state index < -0.39 is 0 Å². The van der Waals surface area contributed by atoms with Crippen molar-refractivity contribution in [1.29, 1.82) is 0 Å². The molecule has 1 amide bonds. The fourth-order valence-corrected chi connectivity index (χ4v) is 2.44. The lowest BCUT2D eigenvalue weighted by Crippen LogP contribution is -2.45. The second-order valence-electron chi connectivity index (χ2n) is 4.43. The molecule has 0 bridgehead atoms. The van der Waals surface area contributed by atoms with Crippen molar-refractivity contribution in [3.8, 4) is 0 Å². The normalized spacial score (nSPS) is 14.4. The molecule has 1 atom stereocenters. The van der Waals surface area contributed by atoms with Gasteiger partial charge in [0, 0.05) is 17.3 Å². The van der Waals surface area contributed by atoms with E-state index in [0.29, 0.717) is 5.76 Å². The Bertz CT molecular complexity index is 375. The predicted octanol–water partition coefficient (Wildman–Crippen LogP) is 3.53. The second-order valence-corrected chi connectivity index (χ2v) is 5.22. The number of nitrogens with one attached hydrogen (secondary N) is 1. The summed E-state index contributed by atoms with van der Waals surface area (Å²) in [6.45, 7) is 6.12. The maximum atomic E-state index is 12.0. The van der Waals surface area contributed by atoms with E-state index >= 15 is 0 Å². The van der Waals surface area contributed by atoms with Crippen LogP contribution >= 0.6 is 15.9 Å². The SMILES string of the molecule is CCc1ccc(C(=O)NC(C)(CC)CCBr)o1. The van der Waals surface area contributed by atoms with Gasteiger partial charge >= 0.3 is 0 Å². The van der Waals surface area contributed by atoms with Gasteiger partial charge in [0.1, 0.15) is 5.76 Å². The van der Waals surface area contributed by atoms with Crippen LogP contribution in [-0.4, -0.2) is 16.8 Å². The summed E-state index contributed by atoms with van der Waals surface area (Å²) in [7, 11) is 0. The number of furan rings is 1. The van der Waals surface area contributed by atoms with E-state index in [4.69, 9.17) is 4.42 Å². The van der Waals surface area contributed by atoms with Crippen LogP contribution in [0.4, 0.5) is 0 Å². The average molecular weight is 302 g/mol. The highest BCUT2D eigenvalue weighted by Gasteiger charge is 2.25. The number of hydrogen-bond acceptors (Lipinski definition) is 2. The molecule has 0 aromatic carbocycles. The molecule has 0 spiro atoms. The van der Waals surface area contributed by atoms with Gasteiger partial charge in [-0.05, 0) is 31.9 Å². The summed E-state index contributed by atoms with van der Waals surface area (Å²) >= 11 is 3.41. The van der Waals surface area contributed by atoms with Crippen LogP contribution in [-0.2, 0) is 6.42 Å². The van der Waals surface area contributed by atoms with Gasteiger partial charge in [-0.1, -0.05) is 29.8 Å². The van der Waals surface area contributed by atoms with E-state index in [1.54, 1.807) is 6.07 Å². The Labute approximate surface area is 111 Å². The van der Waals surface area contributed by atoms with Gasteiger partial charge in [-0.25, -0.2) is 0 Å². The molecule has 4 heteroatoms. The Morgan fingerprint density at radius 2 is 2.18 bits per heavy atom. The molecular weight excluding hydrogens is 282 g/mol. The Balaban J connectivity index is 2.70. The molecule has 17 heavy (non-hydrogen) atoms. The van der Waals surface area contributed by atoms with E-state index in [2.05, 4.69) is 35.1 Å². The lowest BCUT2D eigenvalue weighted by atomic mass is 9.95. The fraction of sp³-hybridized carbons (Fsp3) is 0.615. The standard InChI is InChI=1S/C13H20BrNO2/c1-4-10-6-7-11(17-10)12(16)15-13(3,5-2)8-9-14/h6-7H,4-5,8-9H2,1-3H3,(H,15,16). The van der Waals surface area contributed by atoms with Crippen molar-refractivity contribution >= 4 is 21.8 Å². The Kier molecular flexibility index (Phi) is 5.25. The van der Waals surface area contributed by atoms with Crippen molar-refractivity contribution in [2.75, 3.05) is 5.33 Å². The first kappa shape index (κ1) is 14.3. The maximum Gasteiger partial charge on any atom is 0.287 e. The zero-order chi connectivity index (χ0) is 12.9. The molecule has 0 aliphatic rings. The molecule has 1 unspecified atom stereocenters. The molecule has 3 nitrogen and oxygen atoms in total. The number of carbonyl (C=O) groups is 1. The number of rotatable bonds is 6. The van der Waals surface area contributed by atoms with Crippen molar-refractivity contribution in [1.82, 2.24) is 5.32 Å². The third kappa shape index (κ3) is 3.87. The van der Waals surface area contributed by atoms with E-state index in [9.17, 15) is 4.79 Å². The zero-order valence-corrected chi connectivity index (χ0v) is 12.3. The molecule has 0 saturated carbocycles. The molecule has 0 radical (unpaired) electrons. The quantitative estimate of drug-likeness (QED) is 0.817. The summed E-state index contributed by atoms with van der Waals surface area (Å²) in [5.74, 6) is 1.11. The highest BCUT2D eigenvalue weighted by Crippen LogP contribution is 2.17. The second kappa shape index (κ2) is 6.24. The first-order valence-electron chi connectivity index (χ1n) is 6.02. The van der Waals surface area contributed by atoms with Gasteiger partial charge in [0.2, 0.25) is 0 Å². The topological polar surface area (TPSA) is 42.2 Å². The lowest BCUT2D eigenvalue weighted by Gasteiger charge is -2.28. The first-order valence-corrected chi connectivity index (χ1v) is 7.14. The van der Waals surface area contributed by atoms with Crippen LogP contribution in [0, 0.1) is 0 Å². The van der Waals surface area contributed by atoms with Crippen molar-refractivity contribution in [2.45, 2.75) is 45.6 Å². The molecule has 1 aromatic heterocycles. The number of amides is 1. The number of halogens is 1. The minimum absolute atomic E-state index is 0.130. The van der Waals surface area contributed by atoms with E-state index in [1.165, 1.54) is 0 Å². The largest absolute Gasteiger partial charge is 0.456 e. The van der Waals surface area contributed by atoms with Gasteiger partial charge in [-0.2, -0.15) is 0 Å². The smallest absolute Gasteiger partial charge is 0.287 e. The molecular formula is C13H20BrNO2. The lowest BCUT2D eigenvalue weighted by molar-refractivity contribution is 0.0871. The Morgan fingerprint density at radius 3 is 2.65 bits per heavy atom. The number of alkyl halides is 1. The summed E-state index contributed by atoms with van der Waals surface area (Å²) < 4.78 is 5.44. The van der Waals surface area contributed by atoms with E-state index in [1.807, 2.05) is 13.0 Å². The molecule has 1 N–H and O–H groups in total. The Hall–Kier alpha value is -0.770. The van der Waals surface area contributed by atoms with Crippen molar-refractivity contribution in [2.24, 2.45) is 0 Å². The highest BCUT2D eigenvalue weighted by atomic mass is 79.9. The molecule has 96 valence electrons. The third-order valence-electron chi connectivity index (χ3n) is 3.08. The summed E-state index contributed by atoms with van der Waals surface area (Å²) in [4.78, 5) is 12.0. The predicted molar refractivity (Wildman–Crippen MR) is 72.7 cm³/mol. The molecule has 1 heterocycles. The molecule has 1 rings (SSSR count). The van der Waals surface area contributed by atoms with Crippen molar-refractivity contribution in [3.63, 3.8) is 0 Å². The summed E-state index contributed by atoms with van der Waals surface area (Å²) in [5.41, 5.74) is -0.181. The van der Waals surface area contributed by atoms with Gasteiger partial charge in [0.05, 0.1) is 0 Å². The average Bonchev–Trinajstić information content (AvgIpc) is 2.78. The number of carbonyl (C=O) groups excluding carboxylic acids is 1. The van der Waals surface area contributed by atoms with Crippen LogP contribution in [0.2, 0.25) is 0 Å². The van der Waals surface area contributed by atoms with E-state index in [-0.39, 0.29) is 11.4 Å². The van der Waals surface area contributed by atoms with Crippen LogP contribution in [0.5, 0.6) is 0 Å². The minimum atomic E-state index is -0.181. The zero-order valence-electron chi connectivity index (χ0n) is 10.7. The van der Waals surface area contributed by atoms with E-state index in [0.717, 1.165) is 30.4 Å². The van der Waals surface area contributed by atoms with Gasteiger partial charge in [-0.15, -0.1) is 0 Å². The fourth-order valence-electron chi connectivity index (χ4n) is 1.56. The van der Waals surface area contributed by atoms with Crippen molar-refractivity contribution in [3.05, 3.63) is 23.7 Å². The molecule has 1 aromatic rings. The van der Waals surface area contributed by atoms with Gasteiger partial charge in [-0.3, -0.25) is 4.79 Å². The minimum Gasteiger partial charge on any atom is -0.456 e. The van der Waals surface area contributed by atoms with Gasteiger partial charge in [0.15, 0.2) is 5.76 Å². The third-order valence-corrected chi connectivity index (χ3v) is 3.47. The van der Waals surface area contributed by atoms with Crippen LogP contribution in [0.1, 0.15) is 49.9 Å². The molecule has 0 aliphatic carbocycles. The summed E-state index contributed by atoms with van der Waals surface area (Å²) in [6, 6.07) is 3.58. The number of hydrogen-bond donors (Lipinski definition) is 1. The molecule has 0 fully saturated rings. The molecule has 0 saturated heterocycles. The van der Waals surface area contributed by atoms with Crippen LogP contribution in [0.25, 0.3) is 0 Å². The number of aryl methyl sites for hydroxylation is 1. The monoisotopic (exact) mass is 301 g/mol. The highest BCUT2D eigenvalue weighted by molar-refractivity contribution is 9.09. The van der Waals surface area contributed by atoms with Gasteiger partial charge in [0.25, 0.3) is 5.91 Å². The first-order chi connectivity index (χ1) is 8.04. The molecule has 0 aliphatic heterocycles.